The summed E-state index contributed by atoms with van der Waals surface area (Å²) < 4.78 is 0. The van der Waals surface area contributed by atoms with Gasteiger partial charge in [0.15, 0.2) is 0 Å². The third-order valence-electron chi connectivity index (χ3n) is 3.10. The van der Waals surface area contributed by atoms with Crippen molar-refractivity contribution in [1.29, 1.82) is 0 Å². The van der Waals surface area contributed by atoms with Gasteiger partial charge in [0.2, 0.25) is 5.91 Å². The Morgan fingerprint density at radius 1 is 1.53 bits per heavy atom. The van der Waals surface area contributed by atoms with E-state index in [4.69, 9.17) is 0 Å². The lowest BCUT2D eigenvalue weighted by atomic mass is 10.2. The highest BCUT2D eigenvalue weighted by Gasteiger charge is 2.22. The Morgan fingerprint density at radius 3 is 3.06 bits per heavy atom. The third-order valence-corrected chi connectivity index (χ3v) is 4.47. The van der Waals surface area contributed by atoms with Crippen LogP contribution in [0.3, 0.4) is 0 Å². The molecular formula is C11H19N3O2S. The van der Waals surface area contributed by atoms with Crippen LogP contribution in [0.5, 0.6) is 0 Å². The predicted molar refractivity (Wildman–Crippen MR) is 68.1 cm³/mol. The van der Waals surface area contributed by atoms with E-state index >= 15 is 0 Å². The van der Waals surface area contributed by atoms with E-state index in [-0.39, 0.29) is 17.2 Å². The molecule has 2 aliphatic heterocycles. The topological polar surface area (TPSA) is 61.4 Å². The number of thioether (sulfide) groups is 1. The number of urea groups is 1. The highest BCUT2D eigenvalue weighted by atomic mass is 32.2. The van der Waals surface area contributed by atoms with Gasteiger partial charge in [0, 0.05) is 26.2 Å². The second kappa shape index (κ2) is 6.14. The van der Waals surface area contributed by atoms with Crippen LogP contribution in [0.2, 0.25) is 0 Å². The number of hydrogen-bond donors (Lipinski definition) is 2. The lowest BCUT2D eigenvalue weighted by molar-refractivity contribution is -0.120. The molecule has 1 unspecified atom stereocenters. The largest absolute Gasteiger partial charge is 0.353 e. The fourth-order valence-corrected chi connectivity index (χ4v) is 3.32. The van der Waals surface area contributed by atoms with E-state index in [1.54, 1.807) is 16.7 Å². The Hall–Kier alpha value is -0.910. The molecule has 96 valence electrons. The molecule has 0 aromatic carbocycles. The third kappa shape index (κ3) is 3.52. The number of hydrogen-bond acceptors (Lipinski definition) is 3. The average Bonchev–Trinajstić information content (AvgIpc) is 2.76. The smallest absolute Gasteiger partial charge is 0.317 e. The second-order valence-electron chi connectivity index (χ2n) is 4.37. The van der Waals surface area contributed by atoms with Gasteiger partial charge in [-0.15, -0.1) is 11.8 Å². The molecule has 0 spiro atoms. The fraction of sp³-hybridized carbons (Fsp3) is 0.818. The van der Waals surface area contributed by atoms with Gasteiger partial charge in [-0.05, 0) is 18.6 Å². The van der Waals surface area contributed by atoms with E-state index in [0.717, 1.165) is 25.1 Å². The highest BCUT2D eigenvalue weighted by Crippen LogP contribution is 2.24. The van der Waals surface area contributed by atoms with Gasteiger partial charge in [0.05, 0.1) is 5.25 Å². The molecule has 2 saturated heterocycles. The lowest BCUT2D eigenvalue weighted by Gasteiger charge is -2.21. The molecule has 17 heavy (non-hydrogen) atoms. The summed E-state index contributed by atoms with van der Waals surface area (Å²) >= 11 is 1.75. The fourth-order valence-electron chi connectivity index (χ4n) is 2.10. The monoisotopic (exact) mass is 257 g/mol. The molecular weight excluding hydrogens is 238 g/mol. The number of nitrogens with one attached hydrogen (secondary N) is 2. The standard InChI is InChI=1S/C11H19N3O2S/c15-10(9-3-1-2-8-17-9)12-4-6-14-7-5-13-11(14)16/h9H,1-8H2,(H,12,15)(H,13,16). The SMILES string of the molecule is O=C(NCCN1CCNC1=O)C1CCCCS1. The molecule has 0 radical (unpaired) electrons. The molecule has 2 heterocycles. The predicted octanol–water partition coefficient (Wildman–Crippen LogP) is 0.413. The molecule has 3 amide bonds. The van der Waals surface area contributed by atoms with Gasteiger partial charge in [-0.2, -0.15) is 0 Å². The summed E-state index contributed by atoms with van der Waals surface area (Å²) in [6.45, 7) is 2.62. The van der Waals surface area contributed by atoms with Crippen LogP contribution in [0.15, 0.2) is 0 Å². The van der Waals surface area contributed by atoms with Crippen molar-refractivity contribution >= 4 is 23.7 Å². The summed E-state index contributed by atoms with van der Waals surface area (Å²) in [5.74, 6) is 1.22. The van der Waals surface area contributed by atoms with Gasteiger partial charge >= 0.3 is 6.03 Å². The van der Waals surface area contributed by atoms with Crippen molar-refractivity contribution in [2.75, 3.05) is 31.9 Å². The molecule has 5 nitrogen and oxygen atoms in total. The van der Waals surface area contributed by atoms with Crippen molar-refractivity contribution in [2.24, 2.45) is 0 Å². The quantitative estimate of drug-likeness (QED) is 0.767. The molecule has 0 aliphatic carbocycles. The van der Waals surface area contributed by atoms with E-state index in [0.29, 0.717) is 19.6 Å². The van der Waals surface area contributed by atoms with Crippen molar-refractivity contribution in [3.63, 3.8) is 0 Å². The second-order valence-corrected chi connectivity index (χ2v) is 5.68. The Balaban J connectivity index is 1.64. The van der Waals surface area contributed by atoms with Crippen LogP contribution in [0.4, 0.5) is 4.79 Å². The van der Waals surface area contributed by atoms with Gasteiger partial charge in [-0.1, -0.05) is 6.42 Å². The minimum absolute atomic E-state index is 0.0220. The molecule has 2 aliphatic rings. The minimum atomic E-state index is -0.0220. The first-order valence-electron chi connectivity index (χ1n) is 6.19. The molecule has 2 rings (SSSR count). The maximum Gasteiger partial charge on any atom is 0.317 e. The van der Waals surface area contributed by atoms with E-state index in [1.807, 2.05) is 0 Å². The first kappa shape index (κ1) is 12.5. The molecule has 1 atom stereocenters. The Bertz CT molecular complexity index is 292. The van der Waals surface area contributed by atoms with Crippen LogP contribution in [0.1, 0.15) is 19.3 Å². The van der Waals surface area contributed by atoms with E-state index in [1.165, 1.54) is 6.42 Å². The molecule has 0 saturated carbocycles. The number of rotatable bonds is 4. The Kier molecular flexibility index (Phi) is 4.53. The highest BCUT2D eigenvalue weighted by molar-refractivity contribution is 8.00. The Labute approximate surface area is 106 Å². The number of nitrogens with zero attached hydrogens (tertiary/aromatic N) is 1. The van der Waals surface area contributed by atoms with Crippen molar-refractivity contribution in [1.82, 2.24) is 15.5 Å². The summed E-state index contributed by atoms with van der Waals surface area (Å²) in [6.07, 6.45) is 3.36. The molecule has 6 heteroatoms. The summed E-state index contributed by atoms with van der Waals surface area (Å²) in [4.78, 5) is 24.8. The maximum atomic E-state index is 11.8. The van der Waals surface area contributed by atoms with Crippen LogP contribution < -0.4 is 10.6 Å². The van der Waals surface area contributed by atoms with Gasteiger partial charge in [0.25, 0.3) is 0 Å². The minimum Gasteiger partial charge on any atom is -0.353 e. The summed E-state index contributed by atoms with van der Waals surface area (Å²) in [6, 6.07) is -0.0220. The summed E-state index contributed by atoms with van der Waals surface area (Å²) in [5, 5.41) is 5.78. The zero-order valence-corrected chi connectivity index (χ0v) is 10.7. The summed E-state index contributed by atoms with van der Waals surface area (Å²) in [5.41, 5.74) is 0. The van der Waals surface area contributed by atoms with Gasteiger partial charge < -0.3 is 15.5 Å². The first-order chi connectivity index (χ1) is 8.27. The zero-order chi connectivity index (χ0) is 12.1. The van der Waals surface area contributed by atoms with Crippen LogP contribution in [0, 0.1) is 0 Å². The van der Waals surface area contributed by atoms with E-state index < -0.39 is 0 Å². The van der Waals surface area contributed by atoms with Gasteiger partial charge in [-0.3, -0.25) is 4.79 Å². The van der Waals surface area contributed by atoms with Crippen molar-refractivity contribution < 1.29 is 9.59 Å². The van der Waals surface area contributed by atoms with E-state index in [9.17, 15) is 9.59 Å². The van der Waals surface area contributed by atoms with Gasteiger partial charge in [-0.25, -0.2) is 4.79 Å². The average molecular weight is 257 g/mol. The maximum absolute atomic E-state index is 11.8. The van der Waals surface area contributed by atoms with Crippen molar-refractivity contribution in [3.05, 3.63) is 0 Å². The zero-order valence-electron chi connectivity index (χ0n) is 9.91. The van der Waals surface area contributed by atoms with Gasteiger partial charge in [0.1, 0.15) is 0 Å². The number of carbonyl (C=O) groups is 2. The molecule has 0 bridgehead atoms. The molecule has 0 aromatic rings. The normalized spacial score (nSPS) is 24.6. The van der Waals surface area contributed by atoms with Crippen molar-refractivity contribution in [3.8, 4) is 0 Å². The van der Waals surface area contributed by atoms with Crippen LogP contribution >= 0.6 is 11.8 Å². The lowest BCUT2D eigenvalue weighted by Crippen LogP contribution is -2.40. The molecule has 2 fully saturated rings. The van der Waals surface area contributed by atoms with E-state index in [2.05, 4.69) is 10.6 Å². The molecule has 0 aromatic heterocycles. The molecule has 2 N–H and O–H groups in total. The van der Waals surface area contributed by atoms with Crippen LogP contribution in [0.25, 0.3) is 0 Å². The number of amides is 3. The number of carbonyl (C=O) groups excluding carboxylic acids is 2. The summed E-state index contributed by atoms with van der Waals surface area (Å²) in [7, 11) is 0. The van der Waals surface area contributed by atoms with Crippen molar-refractivity contribution in [2.45, 2.75) is 24.5 Å². The van der Waals surface area contributed by atoms with Crippen LogP contribution in [-0.2, 0) is 4.79 Å². The Morgan fingerprint density at radius 2 is 2.41 bits per heavy atom. The van der Waals surface area contributed by atoms with Crippen LogP contribution in [-0.4, -0.2) is 54.0 Å². The first-order valence-corrected chi connectivity index (χ1v) is 7.24.